The molecule has 4 rings (SSSR count). The van der Waals surface area contributed by atoms with E-state index in [9.17, 15) is 0 Å². The maximum Gasteiger partial charge on any atom is 0.185 e. The molecule has 1 aromatic heterocycles. The number of nitrogens with zero attached hydrogens (tertiary/aromatic N) is 3. The van der Waals surface area contributed by atoms with Crippen LogP contribution in [0, 0.1) is 5.92 Å². The number of hydrogen-bond acceptors (Lipinski definition) is 7. The van der Waals surface area contributed by atoms with Gasteiger partial charge in [0.25, 0.3) is 0 Å². The highest BCUT2D eigenvalue weighted by Gasteiger charge is 2.29. The van der Waals surface area contributed by atoms with E-state index in [1.54, 1.807) is 0 Å². The summed E-state index contributed by atoms with van der Waals surface area (Å²) in [6, 6.07) is 11.1. The smallest absolute Gasteiger partial charge is 0.185 e. The zero-order valence-electron chi connectivity index (χ0n) is 15.2. The molecule has 2 aliphatic rings. The van der Waals surface area contributed by atoms with Gasteiger partial charge in [-0.25, -0.2) is 10.4 Å². The summed E-state index contributed by atoms with van der Waals surface area (Å²) < 4.78 is 5.43. The van der Waals surface area contributed by atoms with Crippen molar-refractivity contribution in [2.24, 2.45) is 5.92 Å². The van der Waals surface area contributed by atoms with Gasteiger partial charge in [-0.2, -0.15) is 0 Å². The van der Waals surface area contributed by atoms with E-state index in [0.717, 1.165) is 51.1 Å². The number of aromatic nitrogens is 1. The van der Waals surface area contributed by atoms with Gasteiger partial charge in [0.2, 0.25) is 0 Å². The third kappa shape index (κ3) is 4.24. The van der Waals surface area contributed by atoms with Crippen molar-refractivity contribution in [3.8, 4) is 0 Å². The van der Waals surface area contributed by atoms with Crippen LogP contribution in [0.15, 0.2) is 36.5 Å². The summed E-state index contributed by atoms with van der Waals surface area (Å²) >= 11 is 1.81. The van der Waals surface area contributed by atoms with E-state index in [4.69, 9.17) is 4.74 Å². The summed E-state index contributed by atoms with van der Waals surface area (Å²) in [5.74, 6) is 0.550. The Kier molecular flexibility index (Phi) is 5.81. The molecular formula is C19H27N5OS. The molecular weight excluding hydrogens is 346 g/mol. The summed E-state index contributed by atoms with van der Waals surface area (Å²) in [6.45, 7) is 6.48. The van der Waals surface area contributed by atoms with E-state index in [2.05, 4.69) is 63.0 Å². The highest BCUT2D eigenvalue weighted by molar-refractivity contribution is 7.15. The minimum Gasteiger partial charge on any atom is -0.378 e. The molecule has 0 spiro atoms. The molecule has 0 saturated carbocycles. The molecule has 2 unspecified atom stereocenters. The van der Waals surface area contributed by atoms with Crippen molar-refractivity contribution in [3.05, 3.63) is 47.0 Å². The van der Waals surface area contributed by atoms with Crippen molar-refractivity contribution in [1.29, 1.82) is 0 Å². The van der Waals surface area contributed by atoms with Gasteiger partial charge >= 0.3 is 0 Å². The molecule has 0 bridgehead atoms. The highest BCUT2D eigenvalue weighted by atomic mass is 32.1. The summed E-state index contributed by atoms with van der Waals surface area (Å²) in [5.41, 5.74) is 8.12. The molecule has 2 saturated heterocycles. The molecule has 0 radical (unpaired) electrons. The molecule has 2 aliphatic heterocycles. The molecule has 7 heteroatoms. The van der Waals surface area contributed by atoms with Crippen LogP contribution in [0.4, 0.5) is 5.13 Å². The van der Waals surface area contributed by atoms with Gasteiger partial charge in [0.15, 0.2) is 5.13 Å². The maximum atomic E-state index is 5.43. The zero-order valence-corrected chi connectivity index (χ0v) is 16.0. The number of rotatable bonds is 6. The van der Waals surface area contributed by atoms with Crippen molar-refractivity contribution in [2.45, 2.75) is 12.6 Å². The van der Waals surface area contributed by atoms with Crippen molar-refractivity contribution < 1.29 is 4.74 Å². The predicted octanol–water partition coefficient (Wildman–Crippen LogP) is 1.88. The monoisotopic (exact) mass is 373 g/mol. The lowest BCUT2D eigenvalue weighted by molar-refractivity contribution is 0.122. The van der Waals surface area contributed by atoms with Crippen LogP contribution in [-0.2, 0) is 11.3 Å². The van der Waals surface area contributed by atoms with Gasteiger partial charge in [-0.1, -0.05) is 30.3 Å². The number of anilines is 1. The zero-order chi connectivity index (χ0) is 17.8. The van der Waals surface area contributed by atoms with Crippen LogP contribution in [0.5, 0.6) is 0 Å². The first-order valence-corrected chi connectivity index (χ1v) is 10.1. The largest absolute Gasteiger partial charge is 0.378 e. The molecule has 2 aromatic rings. The van der Waals surface area contributed by atoms with Gasteiger partial charge in [-0.15, -0.1) is 11.3 Å². The first-order chi connectivity index (χ1) is 12.8. The molecule has 2 fully saturated rings. The maximum absolute atomic E-state index is 5.43. The molecule has 3 heterocycles. The summed E-state index contributed by atoms with van der Waals surface area (Å²) in [7, 11) is 2.20. The van der Waals surface area contributed by atoms with Gasteiger partial charge in [0, 0.05) is 49.7 Å². The van der Waals surface area contributed by atoms with E-state index in [1.165, 1.54) is 10.4 Å². The van der Waals surface area contributed by atoms with Gasteiger partial charge in [0.1, 0.15) is 0 Å². The standard InChI is InChI=1S/C19H27N5OS/c1-23(13-16-11-21-22-18(16)15-5-3-2-4-6-15)14-17-12-20-19(26-17)24-7-9-25-10-8-24/h2-6,12,16,18,21-22H,7-11,13-14H2,1H3. The van der Waals surface area contributed by atoms with Crippen LogP contribution in [-0.4, -0.2) is 56.3 Å². The van der Waals surface area contributed by atoms with Gasteiger partial charge in [-0.05, 0) is 12.6 Å². The Labute approximate surface area is 159 Å². The Hall–Kier alpha value is -1.51. The topological polar surface area (TPSA) is 52.7 Å². The van der Waals surface area contributed by atoms with Crippen molar-refractivity contribution in [1.82, 2.24) is 20.7 Å². The third-order valence-corrected chi connectivity index (χ3v) is 6.09. The minimum absolute atomic E-state index is 0.365. The van der Waals surface area contributed by atoms with E-state index >= 15 is 0 Å². The molecule has 0 amide bonds. The van der Waals surface area contributed by atoms with Crippen LogP contribution >= 0.6 is 11.3 Å². The minimum atomic E-state index is 0.365. The quantitative estimate of drug-likeness (QED) is 0.806. The number of hydrogen-bond donors (Lipinski definition) is 2. The first-order valence-electron chi connectivity index (χ1n) is 9.29. The van der Waals surface area contributed by atoms with Crippen molar-refractivity contribution >= 4 is 16.5 Å². The van der Waals surface area contributed by atoms with E-state index in [1.807, 2.05) is 17.5 Å². The fraction of sp³-hybridized carbons (Fsp3) is 0.526. The fourth-order valence-corrected chi connectivity index (χ4v) is 4.77. The number of hydrazine groups is 1. The predicted molar refractivity (Wildman–Crippen MR) is 105 cm³/mol. The summed E-state index contributed by atoms with van der Waals surface area (Å²) in [6.07, 6.45) is 2.03. The molecule has 2 N–H and O–H groups in total. The summed E-state index contributed by atoms with van der Waals surface area (Å²) in [4.78, 5) is 10.7. The van der Waals surface area contributed by atoms with E-state index in [0.29, 0.717) is 12.0 Å². The average molecular weight is 374 g/mol. The Morgan fingerprint density at radius 2 is 2.08 bits per heavy atom. The molecule has 6 nitrogen and oxygen atoms in total. The number of benzene rings is 1. The molecule has 140 valence electrons. The van der Waals surface area contributed by atoms with Crippen molar-refractivity contribution in [3.63, 3.8) is 0 Å². The average Bonchev–Trinajstić information content (AvgIpc) is 3.33. The fourth-order valence-electron chi connectivity index (χ4n) is 3.72. The number of ether oxygens (including phenoxy) is 1. The molecule has 2 atom stereocenters. The van der Waals surface area contributed by atoms with Gasteiger partial charge in [-0.3, -0.25) is 5.43 Å². The number of thiazole rings is 1. The van der Waals surface area contributed by atoms with Crippen LogP contribution in [0.2, 0.25) is 0 Å². The Bertz CT molecular complexity index is 688. The second kappa shape index (κ2) is 8.45. The highest BCUT2D eigenvalue weighted by Crippen LogP contribution is 2.27. The lowest BCUT2D eigenvalue weighted by Gasteiger charge is -2.26. The Balaban J connectivity index is 1.33. The molecule has 0 aliphatic carbocycles. The third-order valence-electron chi connectivity index (χ3n) is 5.05. The molecule has 1 aromatic carbocycles. The Morgan fingerprint density at radius 3 is 2.88 bits per heavy atom. The van der Waals surface area contributed by atoms with E-state index < -0.39 is 0 Å². The second-order valence-corrected chi connectivity index (χ2v) is 8.17. The van der Waals surface area contributed by atoms with Crippen LogP contribution in [0.1, 0.15) is 16.5 Å². The van der Waals surface area contributed by atoms with Crippen molar-refractivity contribution in [2.75, 3.05) is 51.3 Å². The second-order valence-electron chi connectivity index (χ2n) is 7.08. The van der Waals surface area contributed by atoms with Gasteiger partial charge in [0.05, 0.1) is 19.3 Å². The first kappa shape index (κ1) is 17.9. The van der Waals surface area contributed by atoms with E-state index in [-0.39, 0.29) is 0 Å². The lowest BCUT2D eigenvalue weighted by atomic mass is 9.94. The number of nitrogens with one attached hydrogen (secondary N) is 2. The SMILES string of the molecule is CN(Cc1cnc(N2CCOCC2)s1)CC1CNNC1c1ccccc1. The lowest BCUT2D eigenvalue weighted by Crippen LogP contribution is -2.36. The van der Waals surface area contributed by atoms with Crippen LogP contribution in [0.3, 0.4) is 0 Å². The molecule has 26 heavy (non-hydrogen) atoms. The van der Waals surface area contributed by atoms with Gasteiger partial charge < -0.3 is 14.5 Å². The number of morpholine rings is 1. The summed E-state index contributed by atoms with van der Waals surface area (Å²) in [5, 5.41) is 1.13. The Morgan fingerprint density at radius 1 is 1.27 bits per heavy atom. The normalized spacial score (nSPS) is 23.7. The van der Waals surface area contributed by atoms with Crippen LogP contribution in [0.25, 0.3) is 0 Å². The van der Waals surface area contributed by atoms with Crippen LogP contribution < -0.4 is 15.8 Å².